The van der Waals surface area contributed by atoms with Gasteiger partial charge in [-0.1, -0.05) is 0 Å². The average Bonchev–Trinajstić information content (AvgIpc) is 2.89. The predicted octanol–water partition coefficient (Wildman–Crippen LogP) is 3.52. The Morgan fingerprint density at radius 3 is 2.43 bits per heavy atom. The Labute approximate surface area is 146 Å². The number of rotatable bonds is 6. The van der Waals surface area contributed by atoms with Crippen LogP contribution in [0.15, 0.2) is 28.1 Å². The van der Waals surface area contributed by atoms with Crippen LogP contribution in [0.5, 0.6) is 5.75 Å². The summed E-state index contributed by atoms with van der Waals surface area (Å²) < 4.78 is 6.26. The first kappa shape index (κ1) is 17.5. The van der Waals surface area contributed by atoms with Gasteiger partial charge in [-0.2, -0.15) is 0 Å². The number of halogens is 1. The van der Waals surface area contributed by atoms with E-state index in [1.807, 2.05) is 11.4 Å². The second kappa shape index (κ2) is 7.61. The third-order valence-corrected chi connectivity index (χ3v) is 4.81. The molecule has 23 heavy (non-hydrogen) atoms. The zero-order valence-corrected chi connectivity index (χ0v) is 15.1. The highest BCUT2D eigenvalue weighted by Crippen LogP contribution is 2.25. The zero-order chi connectivity index (χ0) is 17.0. The molecule has 0 saturated heterocycles. The highest BCUT2D eigenvalue weighted by atomic mass is 79.9. The molecule has 0 saturated carbocycles. The fraction of sp³-hybridized carbons (Fsp3) is 0.250. The second-order valence-electron chi connectivity index (χ2n) is 5.04. The number of aryl methyl sites for hydroxylation is 2. The molecule has 1 heterocycles. The van der Waals surface area contributed by atoms with E-state index in [1.54, 1.807) is 37.3 Å². The summed E-state index contributed by atoms with van der Waals surface area (Å²) in [5.74, 6) is -0.704. The van der Waals surface area contributed by atoms with Crippen LogP contribution in [0.1, 0.15) is 26.4 Å². The molecule has 0 aliphatic rings. The fourth-order valence-electron chi connectivity index (χ4n) is 2.16. The molecule has 1 amide bonds. The van der Waals surface area contributed by atoms with E-state index in [0.717, 1.165) is 20.5 Å². The summed E-state index contributed by atoms with van der Waals surface area (Å²) in [6.45, 7) is 3.64. The number of ether oxygens (including phenoxy) is 1. The number of carbonyl (C=O) groups excluding carboxylic acids is 1. The van der Waals surface area contributed by atoms with Crippen LogP contribution < -0.4 is 10.1 Å². The van der Waals surface area contributed by atoms with Gasteiger partial charge in [0, 0.05) is 20.3 Å². The molecule has 1 aromatic heterocycles. The molecule has 0 atom stereocenters. The van der Waals surface area contributed by atoms with Crippen LogP contribution in [0.2, 0.25) is 0 Å². The SMILES string of the molecule is Cc1cc(C(=O)NCc2cc(Br)cs2)cc(C)c1OCC(=O)O. The Balaban J connectivity index is 2.07. The van der Waals surface area contributed by atoms with Crippen molar-refractivity contribution in [2.45, 2.75) is 20.4 Å². The van der Waals surface area contributed by atoms with Gasteiger partial charge in [0.2, 0.25) is 0 Å². The number of carboxylic acid groups (broad SMARTS) is 1. The molecular weight excluding hydrogens is 382 g/mol. The minimum absolute atomic E-state index is 0.175. The molecule has 122 valence electrons. The standard InChI is InChI=1S/C16H16BrNO4S/c1-9-3-11(4-10(2)15(9)22-7-14(19)20)16(21)18-6-13-5-12(17)8-23-13/h3-5,8H,6-7H2,1-2H3,(H,18,21)(H,19,20). The molecule has 0 fully saturated rings. The van der Waals surface area contributed by atoms with Gasteiger partial charge in [-0.15, -0.1) is 11.3 Å². The molecule has 2 N–H and O–H groups in total. The second-order valence-corrected chi connectivity index (χ2v) is 6.95. The van der Waals surface area contributed by atoms with E-state index >= 15 is 0 Å². The van der Waals surface area contributed by atoms with Gasteiger partial charge in [-0.25, -0.2) is 4.79 Å². The first-order valence-corrected chi connectivity index (χ1v) is 8.51. The number of amides is 1. The lowest BCUT2D eigenvalue weighted by atomic mass is 10.1. The molecule has 0 radical (unpaired) electrons. The number of benzene rings is 1. The molecule has 0 aliphatic carbocycles. The van der Waals surface area contributed by atoms with Crippen LogP contribution in [0, 0.1) is 13.8 Å². The highest BCUT2D eigenvalue weighted by molar-refractivity contribution is 9.10. The number of hydrogen-bond acceptors (Lipinski definition) is 4. The zero-order valence-electron chi connectivity index (χ0n) is 12.7. The largest absolute Gasteiger partial charge is 0.481 e. The third kappa shape index (κ3) is 4.80. The van der Waals surface area contributed by atoms with Crippen molar-refractivity contribution in [3.63, 3.8) is 0 Å². The molecule has 2 rings (SSSR count). The maximum Gasteiger partial charge on any atom is 0.341 e. The van der Waals surface area contributed by atoms with Crippen molar-refractivity contribution < 1.29 is 19.4 Å². The summed E-state index contributed by atoms with van der Waals surface area (Å²) in [5, 5.41) is 13.5. The summed E-state index contributed by atoms with van der Waals surface area (Å²) >= 11 is 4.95. The van der Waals surface area contributed by atoms with Crippen molar-refractivity contribution in [3.8, 4) is 5.75 Å². The lowest BCUT2D eigenvalue weighted by Gasteiger charge is -2.13. The molecule has 0 aliphatic heterocycles. The summed E-state index contributed by atoms with van der Waals surface area (Å²) in [4.78, 5) is 23.9. The lowest BCUT2D eigenvalue weighted by molar-refractivity contribution is -0.139. The van der Waals surface area contributed by atoms with Crippen molar-refractivity contribution in [3.05, 3.63) is 49.6 Å². The van der Waals surface area contributed by atoms with E-state index in [1.165, 1.54) is 0 Å². The molecule has 0 spiro atoms. The lowest BCUT2D eigenvalue weighted by Crippen LogP contribution is -2.22. The van der Waals surface area contributed by atoms with Crippen LogP contribution in [-0.2, 0) is 11.3 Å². The van der Waals surface area contributed by atoms with E-state index in [4.69, 9.17) is 9.84 Å². The van der Waals surface area contributed by atoms with Crippen molar-refractivity contribution in [1.29, 1.82) is 0 Å². The normalized spacial score (nSPS) is 10.4. The Bertz CT molecular complexity index is 718. The van der Waals surface area contributed by atoms with Crippen molar-refractivity contribution in [1.82, 2.24) is 5.32 Å². The maximum atomic E-state index is 12.3. The Kier molecular flexibility index (Phi) is 5.79. The van der Waals surface area contributed by atoms with Gasteiger partial charge in [-0.3, -0.25) is 4.79 Å². The van der Waals surface area contributed by atoms with Gasteiger partial charge in [0.15, 0.2) is 6.61 Å². The van der Waals surface area contributed by atoms with Crippen LogP contribution in [0.3, 0.4) is 0 Å². The van der Waals surface area contributed by atoms with Gasteiger partial charge >= 0.3 is 5.97 Å². The summed E-state index contributed by atoms with van der Waals surface area (Å²) in [6, 6.07) is 5.36. The minimum atomic E-state index is -1.03. The molecule has 7 heteroatoms. The monoisotopic (exact) mass is 397 g/mol. The number of nitrogens with one attached hydrogen (secondary N) is 1. The van der Waals surface area contributed by atoms with Gasteiger partial charge in [-0.05, 0) is 59.1 Å². The Morgan fingerprint density at radius 2 is 1.91 bits per heavy atom. The first-order valence-electron chi connectivity index (χ1n) is 6.83. The van der Waals surface area contributed by atoms with E-state index < -0.39 is 12.6 Å². The van der Waals surface area contributed by atoms with Crippen LogP contribution in [0.25, 0.3) is 0 Å². The van der Waals surface area contributed by atoms with E-state index in [2.05, 4.69) is 21.2 Å². The molecular formula is C16H16BrNO4S. The molecule has 0 unspecified atom stereocenters. The maximum absolute atomic E-state index is 12.3. The summed E-state index contributed by atoms with van der Waals surface area (Å²) in [7, 11) is 0. The average molecular weight is 398 g/mol. The quantitative estimate of drug-likeness (QED) is 0.781. The predicted molar refractivity (Wildman–Crippen MR) is 92.2 cm³/mol. The van der Waals surface area contributed by atoms with Crippen molar-refractivity contribution >= 4 is 39.1 Å². The Morgan fingerprint density at radius 1 is 1.26 bits per heavy atom. The molecule has 5 nitrogen and oxygen atoms in total. The molecule has 1 aromatic carbocycles. The summed E-state index contributed by atoms with van der Waals surface area (Å²) in [6.07, 6.45) is 0. The van der Waals surface area contributed by atoms with Gasteiger partial charge in [0.05, 0.1) is 6.54 Å². The van der Waals surface area contributed by atoms with E-state index in [0.29, 0.717) is 17.9 Å². The van der Waals surface area contributed by atoms with Gasteiger partial charge in [0.1, 0.15) is 5.75 Å². The van der Waals surface area contributed by atoms with Gasteiger partial charge in [0.25, 0.3) is 5.91 Å². The Hall–Kier alpha value is -1.86. The van der Waals surface area contributed by atoms with Gasteiger partial charge < -0.3 is 15.2 Å². The van der Waals surface area contributed by atoms with Crippen LogP contribution in [0.4, 0.5) is 0 Å². The van der Waals surface area contributed by atoms with Crippen LogP contribution in [-0.4, -0.2) is 23.6 Å². The first-order chi connectivity index (χ1) is 10.9. The van der Waals surface area contributed by atoms with Crippen molar-refractivity contribution in [2.24, 2.45) is 0 Å². The number of carboxylic acids is 1. The minimum Gasteiger partial charge on any atom is -0.481 e. The molecule has 0 bridgehead atoms. The topological polar surface area (TPSA) is 75.6 Å². The smallest absolute Gasteiger partial charge is 0.341 e. The number of thiophene rings is 1. The van der Waals surface area contributed by atoms with E-state index in [9.17, 15) is 9.59 Å². The third-order valence-electron chi connectivity index (χ3n) is 3.11. The number of hydrogen-bond donors (Lipinski definition) is 2. The van der Waals surface area contributed by atoms with Crippen molar-refractivity contribution in [2.75, 3.05) is 6.61 Å². The van der Waals surface area contributed by atoms with E-state index in [-0.39, 0.29) is 5.91 Å². The highest BCUT2D eigenvalue weighted by Gasteiger charge is 2.13. The molecule has 2 aromatic rings. The fourth-order valence-corrected chi connectivity index (χ4v) is 3.55. The number of aliphatic carboxylic acids is 1. The summed E-state index contributed by atoms with van der Waals surface area (Å²) in [5.41, 5.74) is 1.99. The van der Waals surface area contributed by atoms with Crippen LogP contribution >= 0.6 is 27.3 Å². The number of carbonyl (C=O) groups is 2.